The van der Waals surface area contributed by atoms with E-state index in [0.717, 1.165) is 20.2 Å². The maximum atomic E-state index is 8.66. The summed E-state index contributed by atoms with van der Waals surface area (Å²) < 4.78 is 1.92. The van der Waals surface area contributed by atoms with Gasteiger partial charge in [0.2, 0.25) is 0 Å². The van der Waals surface area contributed by atoms with Gasteiger partial charge in [0.15, 0.2) is 10.0 Å². The minimum Gasteiger partial charge on any atom is -0.399 e. The first-order valence-corrected chi connectivity index (χ1v) is 6.94. The van der Waals surface area contributed by atoms with E-state index in [1.54, 1.807) is 17.5 Å². The number of thiazole rings is 1. The van der Waals surface area contributed by atoms with E-state index in [-0.39, 0.29) is 0 Å². The van der Waals surface area contributed by atoms with Crippen LogP contribution in [0.4, 0.5) is 5.69 Å². The predicted molar refractivity (Wildman–Crippen MR) is 74.9 cm³/mol. The van der Waals surface area contributed by atoms with Gasteiger partial charge in [-0.25, -0.2) is 15.0 Å². The van der Waals surface area contributed by atoms with Crippen molar-refractivity contribution in [3.8, 4) is 6.07 Å². The van der Waals surface area contributed by atoms with Crippen LogP contribution in [-0.4, -0.2) is 15.0 Å². The van der Waals surface area contributed by atoms with E-state index in [0.29, 0.717) is 10.7 Å². The molecule has 0 aliphatic heterocycles. The molecule has 0 fully saturated rings. The van der Waals surface area contributed by atoms with Crippen LogP contribution in [0.1, 0.15) is 5.69 Å². The smallest absolute Gasteiger partial charge is 0.158 e. The quantitative estimate of drug-likeness (QED) is 0.728. The zero-order valence-corrected chi connectivity index (χ0v) is 11.2. The molecule has 0 radical (unpaired) electrons. The fraction of sp³-hybridized carbons (Fsp3) is 0. The maximum Gasteiger partial charge on any atom is 0.158 e. The molecule has 0 saturated heterocycles. The first-order chi connectivity index (χ1) is 9.24. The van der Waals surface area contributed by atoms with Gasteiger partial charge in [-0.05, 0) is 30.0 Å². The number of nitrogen functional groups attached to an aromatic ring is 1. The minimum atomic E-state index is 0.307. The molecule has 3 rings (SSSR count). The Kier molecular flexibility index (Phi) is 3.03. The average Bonchev–Trinajstić information content (AvgIpc) is 2.81. The molecule has 0 saturated carbocycles. The van der Waals surface area contributed by atoms with Crippen molar-refractivity contribution in [3.05, 3.63) is 36.3 Å². The molecule has 92 valence electrons. The normalized spacial score (nSPS) is 10.5. The van der Waals surface area contributed by atoms with Gasteiger partial charge in [0.05, 0.1) is 22.6 Å². The van der Waals surface area contributed by atoms with Gasteiger partial charge in [0.25, 0.3) is 0 Å². The largest absolute Gasteiger partial charge is 0.399 e. The number of fused-ring (bicyclic) bond motifs is 1. The molecule has 0 aliphatic rings. The summed E-state index contributed by atoms with van der Waals surface area (Å²) in [5.74, 6) is 0. The van der Waals surface area contributed by atoms with Gasteiger partial charge >= 0.3 is 0 Å². The zero-order valence-electron chi connectivity index (χ0n) is 9.57. The molecule has 3 aromatic rings. The van der Waals surface area contributed by atoms with Crippen molar-refractivity contribution >= 4 is 39.0 Å². The number of hydrogen-bond donors (Lipinski definition) is 1. The molecule has 7 heteroatoms. The molecule has 1 aromatic carbocycles. The van der Waals surface area contributed by atoms with Crippen LogP contribution in [0, 0.1) is 11.3 Å². The highest BCUT2D eigenvalue weighted by Gasteiger charge is 2.07. The molecule has 2 N–H and O–H groups in total. The van der Waals surface area contributed by atoms with Crippen molar-refractivity contribution in [1.29, 1.82) is 5.26 Å². The van der Waals surface area contributed by atoms with Crippen molar-refractivity contribution < 1.29 is 0 Å². The summed E-state index contributed by atoms with van der Waals surface area (Å²) >= 11 is 2.98. The van der Waals surface area contributed by atoms with E-state index in [1.165, 1.54) is 18.0 Å². The number of nitriles is 1. The van der Waals surface area contributed by atoms with Crippen LogP contribution >= 0.6 is 23.1 Å². The molecule has 0 atom stereocenters. The van der Waals surface area contributed by atoms with Gasteiger partial charge < -0.3 is 5.73 Å². The third kappa shape index (κ3) is 2.50. The van der Waals surface area contributed by atoms with Crippen LogP contribution in [0.25, 0.3) is 10.2 Å². The fourth-order valence-electron chi connectivity index (χ4n) is 1.48. The Morgan fingerprint density at radius 3 is 2.89 bits per heavy atom. The number of nitrogens with two attached hydrogens (primary N) is 1. The van der Waals surface area contributed by atoms with Crippen molar-refractivity contribution in [3.63, 3.8) is 0 Å². The summed E-state index contributed by atoms with van der Waals surface area (Å²) in [6.45, 7) is 0. The van der Waals surface area contributed by atoms with Gasteiger partial charge in [-0.3, -0.25) is 0 Å². The molecular formula is C12H7N5S2. The second-order valence-corrected chi connectivity index (χ2v) is 5.96. The van der Waals surface area contributed by atoms with Crippen molar-refractivity contribution in [2.45, 2.75) is 9.37 Å². The lowest BCUT2D eigenvalue weighted by atomic mass is 10.3. The van der Waals surface area contributed by atoms with E-state index < -0.39 is 0 Å². The SMILES string of the molecule is N#Cc1cnc(Sc2nc3ccc(N)cc3s2)cn1. The van der Waals surface area contributed by atoms with Crippen LogP contribution in [0.2, 0.25) is 0 Å². The van der Waals surface area contributed by atoms with Gasteiger partial charge in [0, 0.05) is 5.69 Å². The second kappa shape index (κ2) is 4.84. The Hall–Kier alpha value is -2.17. The summed E-state index contributed by atoms with van der Waals surface area (Å²) in [4.78, 5) is 12.6. The maximum absolute atomic E-state index is 8.66. The Bertz CT molecular complexity index is 773. The fourth-order valence-corrected chi connectivity index (χ4v) is 3.45. The Morgan fingerprint density at radius 1 is 1.26 bits per heavy atom. The monoisotopic (exact) mass is 285 g/mol. The number of anilines is 1. The third-order valence-corrected chi connectivity index (χ3v) is 4.33. The van der Waals surface area contributed by atoms with Gasteiger partial charge in [-0.15, -0.1) is 11.3 Å². The summed E-state index contributed by atoms with van der Waals surface area (Å²) in [5.41, 5.74) is 7.69. The van der Waals surface area contributed by atoms with Gasteiger partial charge in [0.1, 0.15) is 11.1 Å². The minimum absolute atomic E-state index is 0.307. The molecule has 2 heterocycles. The first kappa shape index (κ1) is 11.9. The highest BCUT2D eigenvalue weighted by Crippen LogP contribution is 2.33. The lowest BCUT2D eigenvalue weighted by molar-refractivity contribution is 1.03. The third-order valence-electron chi connectivity index (χ3n) is 2.33. The summed E-state index contributed by atoms with van der Waals surface area (Å²) in [6.07, 6.45) is 3.03. The highest BCUT2D eigenvalue weighted by atomic mass is 32.2. The molecule has 0 unspecified atom stereocenters. The van der Waals surface area contributed by atoms with Crippen LogP contribution in [-0.2, 0) is 0 Å². The van der Waals surface area contributed by atoms with Gasteiger partial charge in [-0.1, -0.05) is 0 Å². The molecule has 0 bridgehead atoms. The first-order valence-electron chi connectivity index (χ1n) is 5.30. The average molecular weight is 285 g/mol. The summed E-state index contributed by atoms with van der Waals surface area (Å²) in [6, 6.07) is 7.57. The van der Waals surface area contributed by atoms with Crippen LogP contribution < -0.4 is 5.73 Å². The zero-order chi connectivity index (χ0) is 13.2. The van der Waals surface area contributed by atoms with Crippen molar-refractivity contribution in [2.24, 2.45) is 0 Å². The molecule has 0 spiro atoms. The number of hydrogen-bond acceptors (Lipinski definition) is 7. The Labute approximate surface area is 117 Å². The number of rotatable bonds is 2. The Morgan fingerprint density at radius 2 is 2.16 bits per heavy atom. The van der Waals surface area contributed by atoms with E-state index in [9.17, 15) is 0 Å². The van der Waals surface area contributed by atoms with E-state index in [1.807, 2.05) is 24.3 Å². The number of aromatic nitrogens is 3. The molecule has 0 amide bonds. The van der Waals surface area contributed by atoms with Crippen molar-refractivity contribution in [2.75, 3.05) is 5.73 Å². The van der Waals surface area contributed by atoms with Crippen LogP contribution in [0.3, 0.4) is 0 Å². The summed E-state index contributed by atoms with van der Waals surface area (Å²) in [7, 11) is 0. The molecule has 5 nitrogen and oxygen atoms in total. The van der Waals surface area contributed by atoms with Crippen LogP contribution in [0.5, 0.6) is 0 Å². The molecule has 19 heavy (non-hydrogen) atoms. The second-order valence-electron chi connectivity index (χ2n) is 3.66. The number of benzene rings is 1. The Balaban J connectivity index is 1.90. The lowest BCUT2D eigenvalue weighted by Crippen LogP contribution is -1.86. The van der Waals surface area contributed by atoms with E-state index in [4.69, 9.17) is 11.0 Å². The predicted octanol–water partition coefficient (Wildman–Crippen LogP) is 2.69. The summed E-state index contributed by atoms with van der Waals surface area (Å²) in [5, 5.41) is 9.37. The molecular weight excluding hydrogens is 278 g/mol. The van der Waals surface area contributed by atoms with E-state index in [2.05, 4.69) is 15.0 Å². The standard InChI is InChI=1S/C12H7N5S2/c13-4-8-5-16-11(6-15-8)19-12-17-9-2-1-7(14)3-10(9)18-12/h1-3,5-6H,14H2. The molecule has 0 aliphatic carbocycles. The topological polar surface area (TPSA) is 88.5 Å². The van der Waals surface area contributed by atoms with Crippen molar-refractivity contribution in [1.82, 2.24) is 15.0 Å². The number of nitrogens with zero attached hydrogens (tertiary/aromatic N) is 4. The van der Waals surface area contributed by atoms with Gasteiger partial charge in [-0.2, -0.15) is 5.26 Å². The van der Waals surface area contributed by atoms with Crippen LogP contribution in [0.15, 0.2) is 40.0 Å². The molecule has 2 aromatic heterocycles. The lowest BCUT2D eigenvalue weighted by Gasteiger charge is -1.94. The highest BCUT2D eigenvalue weighted by molar-refractivity contribution is 8.01. The van der Waals surface area contributed by atoms with E-state index >= 15 is 0 Å².